The van der Waals surface area contributed by atoms with Crippen molar-refractivity contribution < 1.29 is 9.18 Å². The Hall–Kier alpha value is -1.47. The van der Waals surface area contributed by atoms with Gasteiger partial charge in [-0.3, -0.25) is 0 Å². The molecule has 0 N–H and O–H groups in total. The van der Waals surface area contributed by atoms with Gasteiger partial charge in [-0.2, -0.15) is 0 Å². The van der Waals surface area contributed by atoms with E-state index in [-0.39, 0.29) is 12.4 Å². The summed E-state index contributed by atoms with van der Waals surface area (Å²) in [6.07, 6.45) is 1.44. The molecular formula is C9H8FNO. The Balaban J connectivity index is 2.93. The average Bonchev–Trinajstić information content (AvgIpc) is 2.03. The average molecular weight is 165 g/mol. The summed E-state index contributed by atoms with van der Waals surface area (Å²) in [6, 6.07) is 4.38. The SMILES string of the molecule is Cc1cc(F)ccc1CN=C=O. The molecule has 0 bridgehead atoms. The molecule has 0 spiro atoms. The van der Waals surface area contributed by atoms with Crippen molar-refractivity contribution >= 4 is 6.08 Å². The van der Waals surface area contributed by atoms with Gasteiger partial charge in [-0.15, -0.1) is 0 Å². The third-order valence-corrected chi connectivity index (χ3v) is 1.62. The Morgan fingerprint density at radius 1 is 1.58 bits per heavy atom. The summed E-state index contributed by atoms with van der Waals surface area (Å²) < 4.78 is 12.6. The number of aliphatic imine (C=N–C) groups is 1. The van der Waals surface area contributed by atoms with E-state index in [0.717, 1.165) is 11.1 Å². The van der Waals surface area contributed by atoms with Crippen LogP contribution in [0.4, 0.5) is 4.39 Å². The van der Waals surface area contributed by atoms with Crippen LogP contribution in [0.1, 0.15) is 11.1 Å². The zero-order valence-corrected chi connectivity index (χ0v) is 6.67. The Labute approximate surface area is 69.7 Å². The normalized spacial score (nSPS) is 9.17. The molecule has 0 aromatic heterocycles. The summed E-state index contributed by atoms with van der Waals surface area (Å²) in [4.78, 5) is 13.2. The molecule has 0 fully saturated rings. The molecule has 2 nitrogen and oxygen atoms in total. The molecule has 0 atom stereocenters. The van der Waals surface area contributed by atoms with E-state index in [1.807, 2.05) is 0 Å². The van der Waals surface area contributed by atoms with Crippen molar-refractivity contribution in [3.8, 4) is 0 Å². The van der Waals surface area contributed by atoms with Gasteiger partial charge in [-0.05, 0) is 30.2 Å². The maximum atomic E-state index is 12.6. The maximum Gasteiger partial charge on any atom is 0.235 e. The summed E-state index contributed by atoms with van der Waals surface area (Å²) in [5, 5.41) is 0. The minimum Gasteiger partial charge on any atom is -0.211 e. The predicted molar refractivity (Wildman–Crippen MR) is 43.0 cm³/mol. The molecule has 0 saturated heterocycles. The van der Waals surface area contributed by atoms with Gasteiger partial charge >= 0.3 is 0 Å². The zero-order valence-electron chi connectivity index (χ0n) is 6.67. The summed E-state index contributed by atoms with van der Waals surface area (Å²) in [7, 11) is 0. The van der Waals surface area contributed by atoms with E-state index >= 15 is 0 Å². The Morgan fingerprint density at radius 3 is 2.92 bits per heavy atom. The molecule has 0 aliphatic heterocycles. The van der Waals surface area contributed by atoms with Crippen LogP contribution in [0.25, 0.3) is 0 Å². The van der Waals surface area contributed by atoms with Gasteiger partial charge < -0.3 is 0 Å². The lowest BCUT2D eigenvalue weighted by molar-refractivity contribution is 0.562. The van der Waals surface area contributed by atoms with Gasteiger partial charge in [0.15, 0.2) is 0 Å². The number of nitrogens with zero attached hydrogens (tertiary/aromatic N) is 1. The van der Waals surface area contributed by atoms with Crippen LogP contribution in [-0.4, -0.2) is 6.08 Å². The van der Waals surface area contributed by atoms with E-state index in [1.54, 1.807) is 13.0 Å². The number of isocyanates is 1. The van der Waals surface area contributed by atoms with Crippen LogP contribution in [0, 0.1) is 12.7 Å². The second-order valence-electron chi connectivity index (χ2n) is 2.48. The van der Waals surface area contributed by atoms with E-state index in [9.17, 15) is 9.18 Å². The van der Waals surface area contributed by atoms with Crippen LogP contribution in [0.5, 0.6) is 0 Å². The summed E-state index contributed by atoms with van der Waals surface area (Å²) in [5.41, 5.74) is 1.65. The minimum absolute atomic E-state index is 0.272. The first kappa shape index (κ1) is 8.62. The van der Waals surface area contributed by atoms with Gasteiger partial charge in [0.25, 0.3) is 0 Å². The van der Waals surface area contributed by atoms with Crippen LogP contribution < -0.4 is 0 Å². The fraction of sp³-hybridized carbons (Fsp3) is 0.222. The molecule has 0 heterocycles. The number of aryl methyl sites for hydroxylation is 1. The number of benzene rings is 1. The lowest BCUT2D eigenvalue weighted by Crippen LogP contribution is -1.87. The molecule has 12 heavy (non-hydrogen) atoms. The quantitative estimate of drug-likeness (QED) is 0.486. The Bertz CT molecular complexity index is 329. The van der Waals surface area contributed by atoms with Crippen molar-refractivity contribution in [1.29, 1.82) is 0 Å². The molecule has 0 aliphatic rings. The first-order valence-electron chi connectivity index (χ1n) is 3.52. The van der Waals surface area contributed by atoms with Crippen molar-refractivity contribution in [2.75, 3.05) is 0 Å². The van der Waals surface area contributed by atoms with Gasteiger partial charge in [-0.25, -0.2) is 14.2 Å². The van der Waals surface area contributed by atoms with Crippen LogP contribution >= 0.6 is 0 Å². The fourth-order valence-corrected chi connectivity index (χ4v) is 0.954. The van der Waals surface area contributed by atoms with Crippen molar-refractivity contribution in [3.05, 3.63) is 35.1 Å². The fourth-order valence-electron chi connectivity index (χ4n) is 0.954. The number of halogens is 1. The standard InChI is InChI=1S/C9H8FNO/c1-7-4-9(10)3-2-8(7)5-11-6-12/h2-4H,5H2,1H3. The highest BCUT2D eigenvalue weighted by molar-refractivity contribution is 5.35. The highest BCUT2D eigenvalue weighted by atomic mass is 19.1. The van der Waals surface area contributed by atoms with Crippen molar-refractivity contribution in [2.45, 2.75) is 13.5 Å². The second kappa shape index (κ2) is 3.79. The smallest absolute Gasteiger partial charge is 0.211 e. The minimum atomic E-state index is -0.272. The molecule has 0 saturated carbocycles. The number of carbonyl (C=O) groups excluding carboxylic acids is 1. The summed E-state index contributed by atoms with van der Waals surface area (Å²) >= 11 is 0. The van der Waals surface area contributed by atoms with Crippen LogP contribution in [0.3, 0.4) is 0 Å². The van der Waals surface area contributed by atoms with Gasteiger partial charge in [0.1, 0.15) is 5.82 Å². The second-order valence-corrected chi connectivity index (χ2v) is 2.48. The number of rotatable bonds is 2. The molecule has 0 radical (unpaired) electrons. The molecular weight excluding hydrogens is 157 g/mol. The largest absolute Gasteiger partial charge is 0.235 e. The topological polar surface area (TPSA) is 29.4 Å². The van der Waals surface area contributed by atoms with Crippen LogP contribution in [0.2, 0.25) is 0 Å². The van der Waals surface area contributed by atoms with E-state index in [4.69, 9.17) is 0 Å². The van der Waals surface area contributed by atoms with E-state index in [0.29, 0.717) is 0 Å². The highest BCUT2D eigenvalue weighted by Crippen LogP contribution is 2.10. The number of hydrogen-bond donors (Lipinski definition) is 0. The van der Waals surface area contributed by atoms with Crippen LogP contribution in [-0.2, 0) is 11.3 Å². The maximum absolute atomic E-state index is 12.6. The van der Waals surface area contributed by atoms with Crippen molar-refractivity contribution in [3.63, 3.8) is 0 Å². The molecule has 0 unspecified atom stereocenters. The summed E-state index contributed by atoms with van der Waals surface area (Å²) in [5.74, 6) is -0.272. The lowest BCUT2D eigenvalue weighted by Gasteiger charge is -1.99. The van der Waals surface area contributed by atoms with E-state index in [1.165, 1.54) is 18.2 Å². The molecule has 0 amide bonds. The molecule has 1 aromatic rings. The van der Waals surface area contributed by atoms with Crippen molar-refractivity contribution in [1.82, 2.24) is 0 Å². The molecule has 1 aromatic carbocycles. The van der Waals surface area contributed by atoms with Gasteiger partial charge in [0.2, 0.25) is 6.08 Å². The lowest BCUT2D eigenvalue weighted by atomic mass is 10.1. The van der Waals surface area contributed by atoms with Gasteiger partial charge in [0.05, 0.1) is 6.54 Å². The van der Waals surface area contributed by atoms with Gasteiger partial charge in [-0.1, -0.05) is 6.07 Å². The van der Waals surface area contributed by atoms with Crippen LogP contribution in [0.15, 0.2) is 23.2 Å². The first-order chi connectivity index (χ1) is 5.74. The third-order valence-electron chi connectivity index (χ3n) is 1.62. The Morgan fingerprint density at radius 2 is 2.33 bits per heavy atom. The Kier molecular flexibility index (Phi) is 2.72. The predicted octanol–water partition coefficient (Wildman–Crippen LogP) is 1.97. The zero-order chi connectivity index (χ0) is 8.97. The number of hydrogen-bond acceptors (Lipinski definition) is 2. The van der Waals surface area contributed by atoms with E-state index < -0.39 is 0 Å². The monoisotopic (exact) mass is 165 g/mol. The molecule has 1 rings (SSSR count). The molecule has 62 valence electrons. The van der Waals surface area contributed by atoms with Gasteiger partial charge in [0, 0.05) is 0 Å². The summed E-state index contributed by atoms with van der Waals surface area (Å²) in [6.45, 7) is 2.05. The van der Waals surface area contributed by atoms with Crippen molar-refractivity contribution in [2.24, 2.45) is 4.99 Å². The third kappa shape index (κ3) is 2.01. The first-order valence-corrected chi connectivity index (χ1v) is 3.52. The molecule has 3 heteroatoms. The highest BCUT2D eigenvalue weighted by Gasteiger charge is 1.97. The molecule has 0 aliphatic carbocycles. The van der Waals surface area contributed by atoms with E-state index in [2.05, 4.69) is 4.99 Å².